The third-order valence-corrected chi connectivity index (χ3v) is 4.22. The van der Waals surface area contributed by atoms with E-state index in [1.165, 1.54) is 4.90 Å². The van der Waals surface area contributed by atoms with Gasteiger partial charge in [0.2, 0.25) is 0 Å². The summed E-state index contributed by atoms with van der Waals surface area (Å²) in [6.45, 7) is 3.47. The van der Waals surface area contributed by atoms with Gasteiger partial charge < -0.3 is 19.5 Å². The first-order chi connectivity index (χ1) is 11.0. The number of ether oxygens (including phenoxy) is 2. The lowest BCUT2D eigenvalue weighted by atomic mass is 9.93. The van der Waals surface area contributed by atoms with Crippen LogP contribution < -0.4 is 0 Å². The second-order valence-corrected chi connectivity index (χ2v) is 5.64. The van der Waals surface area contributed by atoms with Gasteiger partial charge in [-0.05, 0) is 26.7 Å². The second kappa shape index (κ2) is 7.48. The normalized spacial score (nSPS) is 22.4. The summed E-state index contributed by atoms with van der Waals surface area (Å²) in [6.07, 6.45) is 4.45. The van der Waals surface area contributed by atoms with Crippen molar-refractivity contribution in [2.24, 2.45) is 0 Å². The standard InChI is InChI=1S/C16H23NO6/c1-3-22-15(20)11-12(16(21)23-4-2)17(14(19)13(11)18)10-8-6-5-7-9-10/h10,12,18H,3-9H2,1-2H3/t12-/m1/s1. The van der Waals surface area contributed by atoms with E-state index in [0.29, 0.717) is 0 Å². The molecule has 0 aromatic carbocycles. The molecule has 0 radical (unpaired) electrons. The van der Waals surface area contributed by atoms with Gasteiger partial charge in [-0.1, -0.05) is 19.3 Å². The molecule has 128 valence electrons. The third kappa shape index (κ3) is 3.33. The quantitative estimate of drug-likeness (QED) is 0.769. The van der Waals surface area contributed by atoms with E-state index in [2.05, 4.69) is 0 Å². The van der Waals surface area contributed by atoms with Crippen LogP contribution in [0.15, 0.2) is 11.3 Å². The molecule has 7 heteroatoms. The monoisotopic (exact) mass is 325 g/mol. The topological polar surface area (TPSA) is 93.1 Å². The van der Waals surface area contributed by atoms with Crippen molar-refractivity contribution >= 4 is 17.8 Å². The van der Waals surface area contributed by atoms with Crippen molar-refractivity contribution in [2.45, 2.75) is 58.0 Å². The molecule has 1 saturated carbocycles. The van der Waals surface area contributed by atoms with Crippen LogP contribution in [0.25, 0.3) is 0 Å². The van der Waals surface area contributed by atoms with E-state index in [1.807, 2.05) is 0 Å². The fraction of sp³-hybridized carbons (Fsp3) is 0.688. The van der Waals surface area contributed by atoms with E-state index >= 15 is 0 Å². The van der Waals surface area contributed by atoms with Gasteiger partial charge >= 0.3 is 11.9 Å². The Labute approximate surface area is 135 Å². The SMILES string of the molecule is CCOC(=O)C1=C(O)C(=O)N(C2CCCCC2)[C@H]1C(=O)OCC. The van der Waals surface area contributed by atoms with Gasteiger partial charge in [-0.3, -0.25) is 4.79 Å². The van der Waals surface area contributed by atoms with E-state index < -0.39 is 29.6 Å². The minimum Gasteiger partial charge on any atom is -0.503 e. The smallest absolute Gasteiger partial charge is 0.340 e. The molecule has 23 heavy (non-hydrogen) atoms. The summed E-state index contributed by atoms with van der Waals surface area (Å²) in [5.74, 6) is -2.96. The van der Waals surface area contributed by atoms with Crippen LogP contribution >= 0.6 is 0 Å². The second-order valence-electron chi connectivity index (χ2n) is 5.64. The van der Waals surface area contributed by atoms with E-state index in [-0.39, 0.29) is 24.8 Å². The van der Waals surface area contributed by atoms with Crippen LogP contribution in [0.4, 0.5) is 0 Å². The number of aliphatic hydroxyl groups excluding tert-OH is 1. The number of rotatable bonds is 5. The Balaban J connectivity index is 2.36. The molecule has 7 nitrogen and oxygen atoms in total. The van der Waals surface area contributed by atoms with E-state index in [9.17, 15) is 19.5 Å². The Morgan fingerprint density at radius 2 is 1.74 bits per heavy atom. The molecule has 0 spiro atoms. The Bertz CT molecular complexity index is 521. The van der Waals surface area contributed by atoms with Gasteiger partial charge in [-0.15, -0.1) is 0 Å². The number of nitrogens with zero attached hydrogens (tertiary/aromatic N) is 1. The van der Waals surface area contributed by atoms with Crippen LogP contribution in [0, 0.1) is 0 Å². The van der Waals surface area contributed by atoms with Crippen molar-refractivity contribution < 1.29 is 29.0 Å². The fourth-order valence-electron chi connectivity index (χ4n) is 3.23. The zero-order valence-corrected chi connectivity index (χ0v) is 13.5. The summed E-state index contributed by atoms with van der Waals surface area (Å²) in [4.78, 5) is 38.2. The highest BCUT2D eigenvalue weighted by Crippen LogP contribution is 2.34. The first kappa shape index (κ1) is 17.3. The van der Waals surface area contributed by atoms with E-state index in [4.69, 9.17) is 9.47 Å². The molecule has 1 fully saturated rings. The Morgan fingerprint density at radius 3 is 2.30 bits per heavy atom. The largest absolute Gasteiger partial charge is 0.503 e. The van der Waals surface area contributed by atoms with E-state index in [0.717, 1.165) is 32.1 Å². The predicted octanol–water partition coefficient (Wildman–Crippen LogP) is 1.47. The summed E-state index contributed by atoms with van der Waals surface area (Å²) in [7, 11) is 0. The number of aliphatic hydroxyl groups is 1. The number of carbonyl (C=O) groups is 3. The molecule has 1 amide bonds. The lowest BCUT2D eigenvalue weighted by Gasteiger charge is -2.34. The molecule has 1 atom stereocenters. The zero-order valence-electron chi connectivity index (χ0n) is 13.5. The van der Waals surface area contributed by atoms with Crippen molar-refractivity contribution in [1.29, 1.82) is 0 Å². The van der Waals surface area contributed by atoms with Crippen LogP contribution in [0.2, 0.25) is 0 Å². The fourth-order valence-corrected chi connectivity index (χ4v) is 3.23. The summed E-state index contributed by atoms with van der Waals surface area (Å²) in [5, 5.41) is 10.1. The van der Waals surface area contributed by atoms with Crippen LogP contribution in [0.3, 0.4) is 0 Å². The highest BCUT2D eigenvalue weighted by molar-refractivity contribution is 6.11. The highest BCUT2D eigenvalue weighted by Gasteiger charge is 2.50. The van der Waals surface area contributed by atoms with Gasteiger partial charge in [-0.2, -0.15) is 0 Å². The van der Waals surface area contributed by atoms with Gasteiger partial charge in [0.1, 0.15) is 5.57 Å². The zero-order chi connectivity index (χ0) is 17.0. The molecular weight excluding hydrogens is 302 g/mol. The lowest BCUT2D eigenvalue weighted by molar-refractivity contribution is -0.154. The van der Waals surface area contributed by atoms with Crippen LogP contribution in [-0.2, 0) is 23.9 Å². The average molecular weight is 325 g/mol. The maximum absolute atomic E-state index is 12.4. The molecule has 0 unspecified atom stereocenters. The molecule has 0 aromatic rings. The van der Waals surface area contributed by atoms with E-state index in [1.54, 1.807) is 13.8 Å². The van der Waals surface area contributed by atoms with Crippen molar-refractivity contribution in [3.8, 4) is 0 Å². The first-order valence-corrected chi connectivity index (χ1v) is 8.12. The Kier molecular flexibility index (Phi) is 5.63. The van der Waals surface area contributed by atoms with Crippen LogP contribution in [0.5, 0.6) is 0 Å². The summed E-state index contributed by atoms with van der Waals surface area (Å²) in [6, 6.07) is -1.40. The highest BCUT2D eigenvalue weighted by atomic mass is 16.5. The van der Waals surface area contributed by atoms with Crippen molar-refractivity contribution in [3.05, 3.63) is 11.3 Å². The maximum atomic E-state index is 12.4. The number of hydrogen-bond donors (Lipinski definition) is 1. The Morgan fingerprint density at radius 1 is 1.13 bits per heavy atom. The molecule has 0 saturated heterocycles. The molecule has 0 bridgehead atoms. The van der Waals surface area contributed by atoms with Gasteiger partial charge in [0, 0.05) is 6.04 Å². The average Bonchev–Trinajstić information content (AvgIpc) is 2.81. The van der Waals surface area contributed by atoms with Gasteiger partial charge in [-0.25, -0.2) is 9.59 Å². The van der Waals surface area contributed by atoms with Gasteiger partial charge in [0.25, 0.3) is 5.91 Å². The maximum Gasteiger partial charge on any atom is 0.340 e. The van der Waals surface area contributed by atoms with Gasteiger partial charge in [0.05, 0.1) is 13.2 Å². The third-order valence-electron chi connectivity index (χ3n) is 4.22. The van der Waals surface area contributed by atoms with Gasteiger partial charge in [0.15, 0.2) is 11.8 Å². The number of amides is 1. The lowest BCUT2D eigenvalue weighted by Crippen LogP contribution is -2.49. The number of hydrogen-bond acceptors (Lipinski definition) is 6. The molecular formula is C16H23NO6. The molecule has 0 aromatic heterocycles. The molecule has 1 aliphatic heterocycles. The summed E-state index contributed by atoms with van der Waals surface area (Å²) >= 11 is 0. The minimum atomic E-state index is -1.22. The van der Waals surface area contributed by atoms with Crippen LogP contribution in [0.1, 0.15) is 46.0 Å². The molecule has 1 N–H and O–H groups in total. The summed E-state index contributed by atoms with van der Waals surface area (Å²) < 4.78 is 9.91. The molecule has 1 heterocycles. The summed E-state index contributed by atoms with van der Waals surface area (Å²) in [5.41, 5.74) is -0.305. The van der Waals surface area contributed by atoms with Crippen LogP contribution in [-0.4, -0.2) is 53.1 Å². The molecule has 2 rings (SSSR count). The van der Waals surface area contributed by atoms with Crippen molar-refractivity contribution in [3.63, 3.8) is 0 Å². The molecule has 1 aliphatic carbocycles. The first-order valence-electron chi connectivity index (χ1n) is 8.12. The van der Waals surface area contributed by atoms with Crippen molar-refractivity contribution in [1.82, 2.24) is 4.90 Å². The molecule has 2 aliphatic rings. The minimum absolute atomic E-state index is 0.0861. The predicted molar refractivity (Wildman–Crippen MR) is 80.4 cm³/mol. The Hall–Kier alpha value is -2.05. The number of esters is 2. The van der Waals surface area contributed by atoms with Crippen molar-refractivity contribution in [2.75, 3.05) is 13.2 Å². The number of carbonyl (C=O) groups excluding carboxylic acids is 3.